The molecule has 0 unspecified atom stereocenters. The average molecular weight is 342 g/mol. The predicted octanol–water partition coefficient (Wildman–Crippen LogP) is 1.17. The highest BCUT2D eigenvalue weighted by Gasteiger charge is 2.26. The van der Waals surface area contributed by atoms with Crippen LogP contribution in [0.4, 0.5) is 5.82 Å². The topological polar surface area (TPSA) is 77.3 Å². The Morgan fingerprint density at radius 2 is 2.36 bits per heavy atom. The molecule has 1 aromatic heterocycles. The lowest BCUT2D eigenvalue weighted by Gasteiger charge is -2.38. The van der Waals surface area contributed by atoms with Crippen LogP contribution in [0.5, 0.6) is 6.01 Å². The fourth-order valence-electron chi connectivity index (χ4n) is 3.44. The summed E-state index contributed by atoms with van der Waals surface area (Å²) < 4.78 is 5.85. The Morgan fingerprint density at radius 3 is 3.04 bits per heavy atom. The molecule has 134 valence electrons. The molecule has 0 bridgehead atoms. The van der Waals surface area contributed by atoms with Crippen molar-refractivity contribution in [2.24, 2.45) is 0 Å². The van der Waals surface area contributed by atoms with Crippen LogP contribution in [0.2, 0.25) is 0 Å². The van der Waals surface area contributed by atoms with Crippen molar-refractivity contribution in [1.29, 1.82) is 5.26 Å². The number of rotatable bonds is 5. The maximum absolute atomic E-state index is 9.33. The smallest absolute Gasteiger partial charge is 0.319 e. The van der Waals surface area contributed by atoms with Crippen LogP contribution < -0.4 is 15.0 Å². The second kappa shape index (κ2) is 7.81. The van der Waals surface area contributed by atoms with Gasteiger partial charge in [0.2, 0.25) is 0 Å². The van der Waals surface area contributed by atoms with Crippen molar-refractivity contribution in [1.82, 2.24) is 20.2 Å². The van der Waals surface area contributed by atoms with E-state index < -0.39 is 0 Å². The zero-order chi connectivity index (χ0) is 17.8. The molecule has 2 saturated heterocycles. The van der Waals surface area contributed by atoms with E-state index in [0.717, 1.165) is 31.9 Å². The van der Waals surface area contributed by atoms with Crippen molar-refractivity contribution in [3.8, 4) is 12.1 Å². The largest absolute Gasteiger partial charge is 0.462 e. The number of nitriles is 1. The molecule has 3 heterocycles. The van der Waals surface area contributed by atoms with E-state index in [9.17, 15) is 5.26 Å². The lowest BCUT2D eigenvalue weighted by Crippen LogP contribution is -2.55. The highest BCUT2D eigenvalue weighted by Crippen LogP contribution is 2.22. The molecule has 2 fully saturated rings. The van der Waals surface area contributed by atoms with Crippen LogP contribution >= 0.6 is 0 Å². The van der Waals surface area contributed by atoms with E-state index in [4.69, 9.17) is 4.74 Å². The first-order valence-electron chi connectivity index (χ1n) is 8.85. The molecule has 0 aliphatic carbocycles. The van der Waals surface area contributed by atoms with Gasteiger partial charge in [-0.15, -0.1) is 6.58 Å². The van der Waals surface area contributed by atoms with Gasteiger partial charge < -0.3 is 19.9 Å². The predicted molar refractivity (Wildman–Crippen MR) is 96.7 cm³/mol. The van der Waals surface area contributed by atoms with E-state index in [-0.39, 0.29) is 12.1 Å². The highest BCUT2D eigenvalue weighted by atomic mass is 16.5. The minimum absolute atomic E-state index is 0.131. The molecule has 3 atom stereocenters. The standard InChI is InChI=1S/C18H26N6O/c1-4-15-10-20-13(2)11-24(15)17-8-14(9-19)21-18(22-17)25-12-16-6-5-7-23(16)3/h4,8,13,15-16,20H,1,5-7,10-12H2,2-3H3/t13-,15+,16+/m1/s1. The van der Waals surface area contributed by atoms with E-state index in [1.807, 2.05) is 6.08 Å². The summed E-state index contributed by atoms with van der Waals surface area (Å²) in [5.74, 6) is 0.722. The minimum atomic E-state index is 0.131. The molecule has 1 N–H and O–H groups in total. The number of likely N-dealkylation sites (N-methyl/N-ethyl adjacent to an activating group) is 1. The molecule has 2 aliphatic rings. The van der Waals surface area contributed by atoms with Gasteiger partial charge in [0.05, 0.1) is 6.04 Å². The van der Waals surface area contributed by atoms with Gasteiger partial charge in [0.1, 0.15) is 24.2 Å². The molecule has 3 rings (SSSR count). The Morgan fingerprint density at radius 1 is 1.52 bits per heavy atom. The first-order chi connectivity index (χ1) is 12.1. The summed E-state index contributed by atoms with van der Waals surface area (Å²) in [6.45, 7) is 9.30. The molecule has 0 saturated carbocycles. The number of nitrogens with one attached hydrogen (secondary N) is 1. The number of nitrogens with zero attached hydrogens (tertiary/aromatic N) is 5. The SMILES string of the molecule is C=C[C@H]1CN[C@H](C)CN1c1cc(C#N)nc(OC[C@@H]2CCCN2C)n1. The van der Waals surface area contributed by atoms with Crippen LogP contribution in [0.15, 0.2) is 18.7 Å². The third-order valence-corrected chi connectivity index (χ3v) is 5.00. The molecule has 0 spiro atoms. The Balaban J connectivity index is 1.79. The Labute approximate surface area is 149 Å². The first kappa shape index (κ1) is 17.6. The molecule has 2 aliphatic heterocycles. The summed E-state index contributed by atoms with van der Waals surface area (Å²) in [5, 5.41) is 12.8. The molecule has 0 aromatic carbocycles. The van der Waals surface area contributed by atoms with Crippen molar-refractivity contribution in [2.45, 2.75) is 37.9 Å². The van der Waals surface area contributed by atoms with Gasteiger partial charge in [0.15, 0.2) is 0 Å². The second-order valence-electron chi connectivity index (χ2n) is 6.86. The van der Waals surface area contributed by atoms with E-state index in [1.165, 1.54) is 6.42 Å². The Bertz CT molecular complexity index is 657. The molecule has 0 radical (unpaired) electrons. The van der Waals surface area contributed by atoms with Gasteiger partial charge in [0.25, 0.3) is 0 Å². The number of hydrogen-bond acceptors (Lipinski definition) is 7. The van der Waals surface area contributed by atoms with Crippen molar-refractivity contribution < 1.29 is 4.74 Å². The number of aromatic nitrogens is 2. The van der Waals surface area contributed by atoms with Crippen LogP contribution in [0.25, 0.3) is 0 Å². The summed E-state index contributed by atoms with van der Waals surface area (Å²) in [7, 11) is 2.11. The molecular formula is C18H26N6O. The normalized spacial score (nSPS) is 27.1. The monoisotopic (exact) mass is 342 g/mol. The quantitative estimate of drug-likeness (QED) is 0.805. The van der Waals surface area contributed by atoms with E-state index in [0.29, 0.717) is 24.4 Å². The summed E-state index contributed by atoms with van der Waals surface area (Å²) in [6, 6.07) is 4.98. The summed E-state index contributed by atoms with van der Waals surface area (Å²) in [4.78, 5) is 13.2. The van der Waals surface area contributed by atoms with Crippen molar-refractivity contribution in [3.63, 3.8) is 0 Å². The maximum atomic E-state index is 9.33. The number of piperazine rings is 1. The average Bonchev–Trinajstić information content (AvgIpc) is 3.04. The van der Waals surface area contributed by atoms with Gasteiger partial charge in [-0.2, -0.15) is 15.2 Å². The molecule has 0 amide bonds. The first-order valence-corrected chi connectivity index (χ1v) is 8.85. The fourth-order valence-corrected chi connectivity index (χ4v) is 3.44. The molecular weight excluding hydrogens is 316 g/mol. The van der Waals surface area contributed by atoms with Crippen LogP contribution in [-0.2, 0) is 0 Å². The summed E-state index contributed by atoms with van der Waals surface area (Å²) in [6.07, 6.45) is 4.21. The number of anilines is 1. The van der Waals surface area contributed by atoms with Gasteiger partial charge in [-0.1, -0.05) is 6.08 Å². The Kier molecular flexibility index (Phi) is 5.51. The third-order valence-electron chi connectivity index (χ3n) is 5.00. The lowest BCUT2D eigenvalue weighted by molar-refractivity contribution is 0.187. The Hall–Kier alpha value is -2.17. The molecule has 7 heteroatoms. The number of likely N-dealkylation sites (tertiary alicyclic amines) is 1. The summed E-state index contributed by atoms with van der Waals surface area (Å²) in [5.41, 5.74) is 0.328. The molecule has 1 aromatic rings. The second-order valence-corrected chi connectivity index (χ2v) is 6.86. The van der Waals surface area contributed by atoms with Crippen molar-refractivity contribution >= 4 is 5.82 Å². The maximum Gasteiger partial charge on any atom is 0.319 e. The molecule has 25 heavy (non-hydrogen) atoms. The van der Waals surface area contributed by atoms with Crippen LogP contribution in [0.1, 0.15) is 25.5 Å². The van der Waals surface area contributed by atoms with Crippen LogP contribution in [0, 0.1) is 11.3 Å². The third kappa shape index (κ3) is 4.09. The van der Waals surface area contributed by atoms with E-state index in [2.05, 4.69) is 51.7 Å². The fraction of sp³-hybridized carbons (Fsp3) is 0.611. The summed E-state index contributed by atoms with van der Waals surface area (Å²) >= 11 is 0. The molecule has 7 nitrogen and oxygen atoms in total. The number of ether oxygens (including phenoxy) is 1. The zero-order valence-corrected chi connectivity index (χ0v) is 15.0. The highest BCUT2D eigenvalue weighted by molar-refractivity contribution is 5.47. The zero-order valence-electron chi connectivity index (χ0n) is 15.0. The van der Waals surface area contributed by atoms with Crippen LogP contribution in [0.3, 0.4) is 0 Å². The van der Waals surface area contributed by atoms with Gasteiger partial charge in [-0.3, -0.25) is 0 Å². The lowest BCUT2D eigenvalue weighted by atomic mass is 10.1. The van der Waals surface area contributed by atoms with Gasteiger partial charge in [-0.25, -0.2) is 0 Å². The van der Waals surface area contributed by atoms with Crippen LogP contribution in [-0.4, -0.2) is 66.3 Å². The van der Waals surface area contributed by atoms with Gasteiger partial charge in [-0.05, 0) is 33.4 Å². The van der Waals surface area contributed by atoms with Crippen molar-refractivity contribution in [3.05, 3.63) is 24.4 Å². The van der Waals surface area contributed by atoms with E-state index in [1.54, 1.807) is 6.07 Å². The van der Waals surface area contributed by atoms with Gasteiger partial charge in [0, 0.05) is 31.2 Å². The minimum Gasteiger partial charge on any atom is -0.462 e. The number of hydrogen-bond donors (Lipinski definition) is 1. The van der Waals surface area contributed by atoms with Crippen molar-refractivity contribution in [2.75, 3.05) is 38.2 Å². The van der Waals surface area contributed by atoms with Gasteiger partial charge >= 0.3 is 6.01 Å². The van der Waals surface area contributed by atoms with E-state index >= 15 is 0 Å².